The summed E-state index contributed by atoms with van der Waals surface area (Å²) in [6.45, 7) is 11.6. The average molecular weight is 272 g/mol. The summed E-state index contributed by atoms with van der Waals surface area (Å²) < 4.78 is 5.54. The summed E-state index contributed by atoms with van der Waals surface area (Å²) >= 11 is 0. The number of nitrogens with zero attached hydrogens (tertiary/aromatic N) is 1. The zero-order chi connectivity index (χ0) is 14.1. The van der Waals surface area contributed by atoms with Crippen molar-refractivity contribution in [3.8, 4) is 0 Å². The van der Waals surface area contributed by atoms with Crippen LogP contribution in [0.25, 0.3) is 0 Å². The first-order valence-corrected chi connectivity index (χ1v) is 7.89. The highest BCUT2D eigenvalue weighted by Crippen LogP contribution is 2.19. The van der Waals surface area contributed by atoms with Crippen LogP contribution in [0.2, 0.25) is 0 Å². The summed E-state index contributed by atoms with van der Waals surface area (Å²) in [7, 11) is 0. The Morgan fingerprint density at radius 2 is 2.16 bits per heavy atom. The molecule has 0 amide bonds. The molecule has 1 aliphatic heterocycles. The van der Waals surface area contributed by atoms with Crippen LogP contribution in [0.1, 0.15) is 46.5 Å². The molecular weight excluding hydrogens is 240 g/mol. The Morgan fingerprint density at radius 3 is 2.74 bits per heavy atom. The first kappa shape index (κ1) is 16.9. The number of aliphatic hydroxyl groups excluding tert-OH is 1. The van der Waals surface area contributed by atoms with Crippen LogP contribution < -0.4 is 5.32 Å². The van der Waals surface area contributed by atoms with Crippen LogP contribution in [-0.2, 0) is 4.74 Å². The Morgan fingerprint density at radius 1 is 1.37 bits per heavy atom. The van der Waals surface area contributed by atoms with E-state index in [1.807, 2.05) is 0 Å². The fourth-order valence-electron chi connectivity index (χ4n) is 2.99. The molecule has 0 aromatic heterocycles. The zero-order valence-corrected chi connectivity index (χ0v) is 13.0. The molecule has 2 atom stereocenters. The molecule has 0 aromatic rings. The molecule has 1 fully saturated rings. The second-order valence-corrected chi connectivity index (χ2v) is 5.60. The first-order chi connectivity index (χ1) is 9.21. The van der Waals surface area contributed by atoms with Gasteiger partial charge in [-0.1, -0.05) is 20.8 Å². The van der Waals surface area contributed by atoms with Crippen LogP contribution in [-0.4, -0.2) is 61.0 Å². The number of morpholine rings is 1. The molecule has 0 aliphatic carbocycles. The second-order valence-electron chi connectivity index (χ2n) is 5.60. The molecule has 4 nitrogen and oxygen atoms in total. The molecular formula is C15H32N2O2. The third kappa shape index (κ3) is 5.03. The number of aliphatic hydroxyl groups is 1. The number of ether oxygens (including phenoxy) is 1. The van der Waals surface area contributed by atoms with Gasteiger partial charge in [-0.3, -0.25) is 4.90 Å². The Labute approximate surface area is 118 Å². The third-order valence-electron chi connectivity index (χ3n) is 4.45. The first-order valence-electron chi connectivity index (χ1n) is 7.89. The lowest BCUT2D eigenvalue weighted by Crippen LogP contribution is -2.49. The predicted octanol–water partition coefficient (Wildman–Crippen LogP) is 1.63. The van der Waals surface area contributed by atoms with Crippen LogP contribution in [0.5, 0.6) is 0 Å². The van der Waals surface area contributed by atoms with Crippen molar-refractivity contribution in [1.29, 1.82) is 0 Å². The Hall–Kier alpha value is -0.160. The highest BCUT2D eigenvalue weighted by molar-refractivity contribution is 4.86. The minimum atomic E-state index is -0.0806. The fraction of sp³-hybridized carbons (Fsp3) is 1.00. The van der Waals surface area contributed by atoms with E-state index in [1.165, 1.54) is 0 Å². The lowest BCUT2D eigenvalue weighted by molar-refractivity contribution is -0.0105. The summed E-state index contributed by atoms with van der Waals surface area (Å²) in [5, 5.41) is 13.1. The van der Waals surface area contributed by atoms with Gasteiger partial charge >= 0.3 is 0 Å². The minimum absolute atomic E-state index is 0.0806. The van der Waals surface area contributed by atoms with Gasteiger partial charge in [-0.15, -0.1) is 0 Å². The summed E-state index contributed by atoms with van der Waals surface area (Å²) in [6, 6.07) is 0.582. The molecule has 19 heavy (non-hydrogen) atoms. The quantitative estimate of drug-likeness (QED) is 0.669. The largest absolute Gasteiger partial charge is 0.394 e. The van der Waals surface area contributed by atoms with Crippen molar-refractivity contribution >= 4 is 0 Å². The second kappa shape index (κ2) is 8.90. The summed E-state index contributed by atoms with van der Waals surface area (Å²) in [5.74, 6) is 0. The lowest BCUT2D eigenvalue weighted by Gasteiger charge is -2.37. The average Bonchev–Trinajstić information content (AvgIpc) is 2.47. The Balaban J connectivity index is 2.38. The summed E-state index contributed by atoms with van der Waals surface area (Å²) in [6.07, 6.45) is 4.32. The highest BCUT2D eigenvalue weighted by Gasteiger charge is 2.27. The van der Waals surface area contributed by atoms with Gasteiger partial charge < -0.3 is 15.2 Å². The van der Waals surface area contributed by atoms with Crippen molar-refractivity contribution in [3.05, 3.63) is 0 Å². The van der Waals surface area contributed by atoms with Gasteiger partial charge in [0.05, 0.1) is 19.8 Å². The van der Waals surface area contributed by atoms with Crippen LogP contribution in [0.15, 0.2) is 0 Å². The van der Waals surface area contributed by atoms with Gasteiger partial charge in [0.25, 0.3) is 0 Å². The molecule has 114 valence electrons. The highest BCUT2D eigenvalue weighted by atomic mass is 16.5. The van der Waals surface area contributed by atoms with Crippen molar-refractivity contribution in [1.82, 2.24) is 10.2 Å². The number of likely N-dealkylation sites (N-methyl/N-ethyl adjacent to an activating group) is 1. The van der Waals surface area contributed by atoms with Gasteiger partial charge in [0.2, 0.25) is 0 Å². The van der Waals surface area contributed by atoms with Crippen molar-refractivity contribution in [3.63, 3.8) is 0 Å². The maximum absolute atomic E-state index is 9.65. The van der Waals surface area contributed by atoms with E-state index < -0.39 is 0 Å². The summed E-state index contributed by atoms with van der Waals surface area (Å²) in [5.41, 5.74) is -0.0806. The number of nitrogens with one attached hydrogen (secondary N) is 1. The van der Waals surface area contributed by atoms with Crippen molar-refractivity contribution in [2.24, 2.45) is 0 Å². The van der Waals surface area contributed by atoms with Gasteiger partial charge in [0, 0.05) is 18.1 Å². The van der Waals surface area contributed by atoms with Gasteiger partial charge in [0.15, 0.2) is 0 Å². The molecule has 2 unspecified atom stereocenters. The number of hydrogen-bond donors (Lipinski definition) is 2. The molecule has 2 N–H and O–H groups in total. The fourth-order valence-corrected chi connectivity index (χ4v) is 2.99. The normalized spacial score (nSPS) is 24.3. The molecule has 0 radical (unpaired) electrons. The van der Waals surface area contributed by atoms with Gasteiger partial charge in [-0.05, 0) is 38.8 Å². The maximum atomic E-state index is 9.65. The van der Waals surface area contributed by atoms with E-state index in [9.17, 15) is 5.11 Å². The van der Waals surface area contributed by atoms with Crippen molar-refractivity contribution in [2.75, 3.05) is 39.5 Å². The van der Waals surface area contributed by atoms with Gasteiger partial charge in [-0.2, -0.15) is 0 Å². The van der Waals surface area contributed by atoms with Crippen LogP contribution >= 0.6 is 0 Å². The Bertz CT molecular complexity index is 232. The molecule has 1 rings (SSSR count). The smallest absolute Gasteiger partial charge is 0.0622 e. The molecule has 0 bridgehead atoms. The van der Waals surface area contributed by atoms with Crippen LogP contribution in [0, 0.1) is 0 Å². The maximum Gasteiger partial charge on any atom is 0.0622 e. The van der Waals surface area contributed by atoms with Crippen molar-refractivity contribution in [2.45, 2.75) is 58.0 Å². The summed E-state index contributed by atoms with van der Waals surface area (Å²) in [4.78, 5) is 2.55. The molecule has 0 spiro atoms. The molecule has 0 aromatic carbocycles. The monoisotopic (exact) mass is 272 g/mol. The van der Waals surface area contributed by atoms with E-state index in [0.29, 0.717) is 6.04 Å². The topological polar surface area (TPSA) is 44.7 Å². The Kier molecular flexibility index (Phi) is 7.91. The van der Waals surface area contributed by atoms with Crippen LogP contribution in [0.3, 0.4) is 0 Å². The molecule has 1 aliphatic rings. The van der Waals surface area contributed by atoms with E-state index in [4.69, 9.17) is 4.74 Å². The van der Waals surface area contributed by atoms with Crippen LogP contribution in [0.4, 0.5) is 0 Å². The molecule has 1 heterocycles. The van der Waals surface area contributed by atoms with E-state index >= 15 is 0 Å². The number of hydrogen-bond acceptors (Lipinski definition) is 4. The van der Waals surface area contributed by atoms with Gasteiger partial charge in [-0.25, -0.2) is 0 Å². The number of rotatable bonds is 9. The molecule has 0 saturated carbocycles. The predicted molar refractivity (Wildman–Crippen MR) is 79.5 cm³/mol. The van der Waals surface area contributed by atoms with E-state index in [2.05, 4.69) is 31.0 Å². The van der Waals surface area contributed by atoms with Crippen molar-refractivity contribution < 1.29 is 9.84 Å². The zero-order valence-electron chi connectivity index (χ0n) is 13.0. The molecule has 4 heteroatoms. The van der Waals surface area contributed by atoms with E-state index in [0.717, 1.165) is 58.5 Å². The van der Waals surface area contributed by atoms with Gasteiger partial charge in [0.1, 0.15) is 0 Å². The molecule has 1 saturated heterocycles. The standard InChI is InChI=1S/C15H32N2O2/c1-4-14-12-19-11-10-17(14)9-7-8-15(5-2,13-18)16-6-3/h14,16,18H,4-13H2,1-3H3. The third-order valence-corrected chi connectivity index (χ3v) is 4.45. The van der Waals surface area contributed by atoms with E-state index in [1.54, 1.807) is 0 Å². The SMILES string of the molecule is CCNC(CC)(CO)CCCN1CCOCC1CC. The lowest BCUT2D eigenvalue weighted by atomic mass is 9.91. The minimum Gasteiger partial charge on any atom is -0.394 e. The van der Waals surface area contributed by atoms with E-state index in [-0.39, 0.29) is 12.1 Å².